The number of hydrogen-bond donors (Lipinski definition) is 3. The highest BCUT2D eigenvalue weighted by molar-refractivity contribution is 7.47. The van der Waals surface area contributed by atoms with Crippen LogP contribution in [0.3, 0.4) is 0 Å². The summed E-state index contributed by atoms with van der Waals surface area (Å²) in [6, 6.07) is 0. The van der Waals surface area contributed by atoms with Crippen molar-refractivity contribution >= 4 is 39.5 Å². The molecular formula is C71H138O17P2. The van der Waals surface area contributed by atoms with Gasteiger partial charge in [0.25, 0.3) is 0 Å². The Morgan fingerprint density at radius 1 is 0.311 bits per heavy atom. The predicted molar refractivity (Wildman–Crippen MR) is 363 cm³/mol. The molecule has 0 bridgehead atoms. The molecule has 0 fully saturated rings. The van der Waals surface area contributed by atoms with Crippen LogP contribution in [0.1, 0.15) is 351 Å². The molecule has 534 valence electrons. The first kappa shape index (κ1) is 88.1. The molecule has 0 aliphatic heterocycles. The molecule has 90 heavy (non-hydrogen) atoms. The van der Waals surface area contributed by atoms with E-state index in [1.54, 1.807) is 0 Å². The van der Waals surface area contributed by atoms with Crippen molar-refractivity contribution in [2.24, 2.45) is 23.7 Å². The van der Waals surface area contributed by atoms with Crippen LogP contribution in [0.15, 0.2) is 0 Å². The minimum Gasteiger partial charge on any atom is -0.462 e. The van der Waals surface area contributed by atoms with Crippen LogP contribution in [0.2, 0.25) is 0 Å². The summed E-state index contributed by atoms with van der Waals surface area (Å²) < 4.78 is 68.2. The van der Waals surface area contributed by atoms with Crippen molar-refractivity contribution in [3.05, 3.63) is 0 Å². The molecule has 0 rings (SSSR count). The summed E-state index contributed by atoms with van der Waals surface area (Å²) in [6.07, 6.45) is 43.3. The molecule has 0 saturated carbocycles. The number of unbranched alkanes of at least 4 members (excludes halogenated alkanes) is 32. The van der Waals surface area contributed by atoms with Gasteiger partial charge in [-0.2, -0.15) is 0 Å². The lowest BCUT2D eigenvalue weighted by Gasteiger charge is -2.21. The van der Waals surface area contributed by atoms with E-state index in [-0.39, 0.29) is 25.7 Å². The van der Waals surface area contributed by atoms with Gasteiger partial charge >= 0.3 is 39.5 Å². The summed E-state index contributed by atoms with van der Waals surface area (Å²) in [6.45, 7) is 14.0. The normalized spacial score (nSPS) is 14.9. The number of aliphatic hydroxyl groups excluding tert-OH is 1. The Labute approximate surface area is 549 Å². The molecule has 0 amide bonds. The molecule has 0 aromatic rings. The maximum absolute atomic E-state index is 13.0. The molecule has 4 unspecified atom stereocenters. The molecule has 0 saturated heterocycles. The molecule has 0 aliphatic rings. The Bertz CT molecular complexity index is 1790. The average molecular weight is 1330 g/mol. The monoisotopic (exact) mass is 1320 g/mol. The molecule has 0 aromatic heterocycles. The number of phosphoric acid groups is 2. The first-order valence-electron chi connectivity index (χ1n) is 36.8. The van der Waals surface area contributed by atoms with Gasteiger partial charge in [-0.25, -0.2) is 9.13 Å². The van der Waals surface area contributed by atoms with Crippen molar-refractivity contribution < 1.29 is 80.2 Å². The quantitative estimate of drug-likeness (QED) is 0.0222. The third-order valence-electron chi connectivity index (χ3n) is 17.0. The van der Waals surface area contributed by atoms with Crippen LogP contribution in [-0.4, -0.2) is 96.7 Å². The highest BCUT2D eigenvalue weighted by Gasteiger charge is 2.30. The fraction of sp³-hybridized carbons (Fsp3) is 0.944. The van der Waals surface area contributed by atoms with Crippen LogP contribution >= 0.6 is 15.6 Å². The maximum Gasteiger partial charge on any atom is 0.472 e. The van der Waals surface area contributed by atoms with Gasteiger partial charge in [0, 0.05) is 25.7 Å². The number of carbonyl (C=O) groups is 4. The molecule has 0 aromatic carbocycles. The third kappa shape index (κ3) is 62.2. The summed E-state index contributed by atoms with van der Waals surface area (Å²) in [5, 5.41) is 10.6. The lowest BCUT2D eigenvalue weighted by molar-refractivity contribution is -0.161. The summed E-state index contributed by atoms with van der Waals surface area (Å²) in [7, 11) is -9.90. The Balaban J connectivity index is 5.16. The lowest BCUT2D eigenvalue weighted by atomic mass is 9.99. The Morgan fingerprint density at radius 2 is 0.533 bits per heavy atom. The van der Waals surface area contributed by atoms with Gasteiger partial charge in [0.2, 0.25) is 0 Å². The van der Waals surface area contributed by atoms with Crippen molar-refractivity contribution in [2.45, 2.75) is 369 Å². The van der Waals surface area contributed by atoms with Crippen LogP contribution < -0.4 is 0 Å². The van der Waals surface area contributed by atoms with Gasteiger partial charge < -0.3 is 33.8 Å². The van der Waals surface area contributed by atoms with Crippen molar-refractivity contribution in [3.8, 4) is 0 Å². The highest BCUT2D eigenvalue weighted by atomic mass is 31.2. The first-order chi connectivity index (χ1) is 43.2. The molecular weight excluding hydrogens is 1190 g/mol. The lowest BCUT2D eigenvalue weighted by Crippen LogP contribution is -2.30. The number of carbonyl (C=O) groups excluding carboxylic acids is 4. The van der Waals surface area contributed by atoms with Gasteiger partial charge in [-0.3, -0.25) is 37.3 Å². The van der Waals surface area contributed by atoms with Crippen molar-refractivity contribution in [2.75, 3.05) is 39.6 Å². The van der Waals surface area contributed by atoms with Gasteiger partial charge in [0.15, 0.2) is 12.2 Å². The van der Waals surface area contributed by atoms with E-state index in [1.807, 2.05) is 0 Å². The van der Waals surface area contributed by atoms with E-state index >= 15 is 0 Å². The molecule has 17 nitrogen and oxygen atoms in total. The van der Waals surface area contributed by atoms with Crippen molar-refractivity contribution in [1.29, 1.82) is 0 Å². The van der Waals surface area contributed by atoms with Crippen LogP contribution in [0.4, 0.5) is 0 Å². The van der Waals surface area contributed by atoms with Gasteiger partial charge in [-0.05, 0) is 49.4 Å². The summed E-state index contributed by atoms with van der Waals surface area (Å²) >= 11 is 0. The fourth-order valence-corrected chi connectivity index (χ4v) is 12.2. The molecule has 19 heteroatoms. The summed E-state index contributed by atoms with van der Waals surface area (Å²) in [4.78, 5) is 72.5. The van der Waals surface area contributed by atoms with Crippen molar-refractivity contribution in [3.63, 3.8) is 0 Å². The smallest absolute Gasteiger partial charge is 0.462 e. The van der Waals surface area contributed by atoms with Crippen molar-refractivity contribution in [1.82, 2.24) is 0 Å². The van der Waals surface area contributed by atoms with E-state index in [0.29, 0.717) is 31.6 Å². The zero-order chi connectivity index (χ0) is 66.8. The molecule has 0 radical (unpaired) electrons. The van der Waals surface area contributed by atoms with Gasteiger partial charge in [0.05, 0.1) is 26.4 Å². The predicted octanol–water partition coefficient (Wildman–Crippen LogP) is 20.1. The summed E-state index contributed by atoms with van der Waals surface area (Å²) in [5.74, 6) is 0.847. The van der Waals surface area contributed by atoms with E-state index in [9.17, 15) is 43.2 Å². The number of phosphoric ester groups is 2. The largest absolute Gasteiger partial charge is 0.472 e. The topological polar surface area (TPSA) is 237 Å². The highest BCUT2D eigenvalue weighted by Crippen LogP contribution is 2.45. The summed E-state index contributed by atoms with van der Waals surface area (Å²) in [5.41, 5.74) is 0. The molecule has 0 spiro atoms. The van der Waals surface area contributed by atoms with Gasteiger partial charge in [-0.1, -0.05) is 299 Å². The number of esters is 4. The molecule has 0 aliphatic carbocycles. The van der Waals surface area contributed by atoms with E-state index in [1.165, 1.54) is 148 Å². The minimum atomic E-state index is -4.95. The Kier molecular flexibility index (Phi) is 59.4. The standard InChI is InChI=1S/C71H138O17P2/c1-9-63(7)49-41-33-24-21-22-26-37-45-53-70(75)87-66(58-82-69(74)52-44-36-30-28-34-42-50-64(8)10-2)59-85-89(77,78)83-55-65(72)56-84-90(79,80)86-60-67(88-71(76)54-46-38-29-27-32-40-48-62(5)6)57-81-68(73)51-43-35-25-20-18-16-14-12-11-13-15-17-19-23-31-39-47-61(3)4/h61-67,72H,9-60H2,1-8H3,(H,77,78)(H,79,80)/t63?,64?,65-,66+,67+/m0/s1. The number of rotatable bonds is 68. The second-order valence-corrected chi connectivity index (χ2v) is 30.0. The molecule has 0 heterocycles. The average Bonchev–Trinajstić information content (AvgIpc) is 3.70. The van der Waals surface area contributed by atoms with Crippen LogP contribution in [0.5, 0.6) is 0 Å². The SMILES string of the molecule is CCC(C)CCCCCCCCCCC(=O)O[C@H](COC(=O)CCCCCCCCC(C)CC)COP(=O)(O)OC[C@H](O)COP(=O)(O)OC[C@@H](COC(=O)CCCCCCCCCCCCCCCCCCC(C)C)OC(=O)CCCCCCCCC(C)C. The number of hydrogen-bond acceptors (Lipinski definition) is 15. The number of ether oxygens (including phenoxy) is 4. The molecule has 7 atom stereocenters. The van der Waals surface area contributed by atoms with Crippen LogP contribution in [0.25, 0.3) is 0 Å². The van der Waals surface area contributed by atoms with Gasteiger partial charge in [-0.15, -0.1) is 0 Å². The second kappa shape index (κ2) is 60.7. The third-order valence-corrected chi connectivity index (χ3v) is 18.9. The van der Waals surface area contributed by atoms with Crippen LogP contribution in [-0.2, 0) is 65.4 Å². The van der Waals surface area contributed by atoms with E-state index in [4.69, 9.17) is 37.0 Å². The number of aliphatic hydroxyl groups is 1. The van der Waals surface area contributed by atoms with E-state index < -0.39 is 97.5 Å². The van der Waals surface area contributed by atoms with Crippen LogP contribution in [0, 0.1) is 23.7 Å². The van der Waals surface area contributed by atoms with Gasteiger partial charge in [0.1, 0.15) is 19.3 Å². The minimum absolute atomic E-state index is 0.102. The maximum atomic E-state index is 13.0. The molecule has 3 N–H and O–H groups in total. The zero-order valence-electron chi connectivity index (χ0n) is 58.8. The van der Waals surface area contributed by atoms with E-state index in [0.717, 1.165) is 114 Å². The zero-order valence-corrected chi connectivity index (χ0v) is 60.6. The fourth-order valence-electron chi connectivity index (χ4n) is 10.6. The van der Waals surface area contributed by atoms with E-state index in [2.05, 4.69) is 55.4 Å². The Hall–Kier alpha value is -1.94. The first-order valence-corrected chi connectivity index (χ1v) is 39.8. The Morgan fingerprint density at radius 3 is 0.789 bits per heavy atom. The second-order valence-electron chi connectivity index (χ2n) is 27.1.